The average Bonchev–Trinajstić information content (AvgIpc) is 2.45. The van der Waals surface area contributed by atoms with Gasteiger partial charge in [-0.2, -0.15) is 0 Å². The minimum absolute atomic E-state index is 0.0567. The first kappa shape index (κ1) is 15.2. The third-order valence-corrected chi connectivity index (χ3v) is 3.57. The summed E-state index contributed by atoms with van der Waals surface area (Å²) in [5.41, 5.74) is 3.99. The van der Waals surface area contributed by atoms with Crippen LogP contribution in [0.3, 0.4) is 0 Å². The smallest absolute Gasteiger partial charge is 0.251 e. The highest BCUT2D eigenvalue weighted by Gasteiger charge is 2.14. The van der Waals surface area contributed by atoms with E-state index in [4.69, 9.17) is 0 Å². The second-order valence-corrected chi connectivity index (χ2v) is 6.26. The van der Waals surface area contributed by atoms with Gasteiger partial charge in [0.15, 0.2) is 0 Å². The Kier molecular flexibility index (Phi) is 4.41. The summed E-state index contributed by atoms with van der Waals surface area (Å²) in [5.74, 6) is -0.0567. The lowest BCUT2D eigenvalue weighted by atomic mass is 9.87. The van der Waals surface area contributed by atoms with Crippen LogP contribution in [0.15, 0.2) is 42.6 Å². The third kappa shape index (κ3) is 3.91. The average molecular weight is 282 g/mol. The van der Waals surface area contributed by atoms with E-state index >= 15 is 0 Å². The molecule has 0 fully saturated rings. The SMILES string of the molecule is Cc1ncccc1CNC(=O)c1ccc(C(C)(C)C)cc1. The Morgan fingerprint density at radius 1 is 1.14 bits per heavy atom. The van der Waals surface area contributed by atoms with E-state index in [-0.39, 0.29) is 11.3 Å². The van der Waals surface area contributed by atoms with Crippen molar-refractivity contribution >= 4 is 5.91 Å². The Morgan fingerprint density at radius 3 is 2.38 bits per heavy atom. The van der Waals surface area contributed by atoms with Crippen LogP contribution >= 0.6 is 0 Å². The van der Waals surface area contributed by atoms with Crippen molar-refractivity contribution in [2.75, 3.05) is 0 Å². The molecule has 0 aliphatic rings. The van der Waals surface area contributed by atoms with Crippen molar-refractivity contribution in [1.82, 2.24) is 10.3 Å². The second kappa shape index (κ2) is 6.08. The molecule has 1 amide bonds. The van der Waals surface area contributed by atoms with Gasteiger partial charge in [-0.05, 0) is 41.7 Å². The van der Waals surface area contributed by atoms with Crippen LogP contribution in [0.25, 0.3) is 0 Å². The largest absolute Gasteiger partial charge is 0.348 e. The summed E-state index contributed by atoms with van der Waals surface area (Å²) < 4.78 is 0. The number of aromatic nitrogens is 1. The highest BCUT2D eigenvalue weighted by atomic mass is 16.1. The fourth-order valence-corrected chi connectivity index (χ4v) is 2.10. The quantitative estimate of drug-likeness (QED) is 0.934. The van der Waals surface area contributed by atoms with Crippen molar-refractivity contribution in [3.63, 3.8) is 0 Å². The van der Waals surface area contributed by atoms with Crippen LogP contribution in [-0.2, 0) is 12.0 Å². The van der Waals surface area contributed by atoms with Gasteiger partial charge in [0.2, 0.25) is 0 Å². The predicted molar refractivity (Wildman–Crippen MR) is 85.3 cm³/mol. The summed E-state index contributed by atoms with van der Waals surface area (Å²) in [4.78, 5) is 16.4. The van der Waals surface area contributed by atoms with Gasteiger partial charge < -0.3 is 5.32 Å². The minimum atomic E-state index is -0.0567. The summed E-state index contributed by atoms with van der Waals surface area (Å²) in [6.45, 7) is 8.92. The number of rotatable bonds is 3. The molecule has 2 rings (SSSR count). The Morgan fingerprint density at radius 2 is 1.81 bits per heavy atom. The lowest BCUT2D eigenvalue weighted by Gasteiger charge is -2.19. The van der Waals surface area contributed by atoms with Gasteiger partial charge in [0.05, 0.1) is 0 Å². The number of hydrogen-bond donors (Lipinski definition) is 1. The molecule has 0 aliphatic heterocycles. The number of benzene rings is 1. The molecule has 1 N–H and O–H groups in total. The molecule has 1 heterocycles. The van der Waals surface area contributed by atoms with Crippen LogP contribution in [0.5, 0.6) is 0 Å². The first-order chi connectivity index (χ1) is 9.88. The van der Waals surface area contributed by atoms with Crippen LogP contribution in [0.1, 0.15) is 48.0 Å². The number of amides is 1. The Labute approximate surface area is 126 Å². The summed E-state index contributed by atoms with van der Waals surface area (Å²) in [6.07, 6.45) is 1.76. The molecule has 3 nitrogen and oxygen atoms in total. The van der Waals surface area contributed by atoms with Gasteiger partial charge in [0, 0.05) is 24.0 Å². The van der Waals surface area contributed by atoms with Crippen LogP contribution in [0.4, 0.5) is 0 Å². The van der Waals surface area contributed by atoms with Crippen molar-refractivity contribution in [3.05, 3.63) is 65.0 Å². The minimum Gasteiger partial charge on any atom is -0.348 e. The lowest BCUT2D eigenvalue weighted by Crippen LogP contribution is -2.23. The standard InChI is InChI=1S/C18H22N2O/c1-13-15(6-5-11-19-13)12-20-17(21)14-7-9-16(10-8-14)18(2,3)4/h5-11H,12H2,1-4H3,(H,20,21). The molecule has 1 aromatic heterocycles. The van der Waals surface area contributed by atoms with Crippen molar-refractivity contribution < 1.29 is 4.79 Å². The molecule has 21 heavy (non-hydrogen) atoms. The normalized spacial score (nSPS) is 11.2. The van der Waals surface area contributed by atoms with Gasteiger partial charge >= 0.3 is 0 Å². The predicted octanol–water partition coefficient (Wildman–Crippen LogP) is 3.62. The first-order valence-electron chi connectivity index (χ1n) is 7.17. The zero-order chi connectivity index (χ0) is 15.5. The lowest BCUT2D eigenvalue weighted by molar-refractivity contribution is 0.0951. The van der Waals surface area contributed by atoms with Crippen LogP contribution in [0.2, 0.25) is 0 Å². The molecule has 0 spiro atoms. The number of carbonyl (C=O) groups excluding carboxylic acids is 1. The molecule has 0 aliphatic carbocycles. The highest BCUT2D eigenvalue weighted by Crippen LogP contribution is 2.22. The number of nitrogens with zero attached hydrogens (tertiary/aromatic N) is 1. The molecule has 0 saturated carbocycles. The maximum absolute atomic E-state index is 12.2. The van der Waals surface area contributed by atoms with Crippen molar-refractivity contribution in [3.8, 4) is 0 Å². The van der Waals surface area contributed by atoms with E-state index in [1.165, 1.54) is 5.56 Å². The number of carbonyl (C=O) groups is 1. The molecule has 0 saturated heterocycles. The van der Waals surface area contributed by atoms with Gasteiger partial charge in [-0.25, -0.2) is 0 Å². The maximum atomic E-state index is 12.2. The van der Waals surface area contributed by atoms with E-state index in [1.54, 1.807) is 6.20 Å². The summed E-state index contributed by atoms with van der Waals surface area (Å²) in [6, 6.07) is 11.7. The molecular formula is C18H22N2O. The van der Waals surface area contributed by atoms with E-state index in [2.05, 4.69) is 31.1 Å². The maximum Gasteiger partial charge on any atom is 0.251 e. The van der Waals surface area contributed by atoms with Crippen LogP contribution in [-0.4, -0.2) is 10.9 Å². The number of pyridine rings is 1. The summed E-state index contributed by atoms with van der Waals surface area (Å²) in [5, 5.41) is 2.94. The number of nitrogens with one attached hydrogen (secondary N) is 1. The first-order valence-corrected chi connectivity index (χ1v) is 7.17. The van der Waals surface area contributed by atoms with Gasteiger partial charge in [-0.15, -0.1) is 0 Å². The Hall–Kier alpha value is -2.16. The van der Waals surface area contributed by atoms with E-state index < -0.39 is 0 Å². The molecule has 110 valence electrons. The molecule has 3 heteroatoms. The second-order valence-electron chi connectivity index (χ2n) is 6.26. The van der Waals surface area contributed by atoms with E-state index in [1.807, 2.05) is 43.3 Å². The highest BCUT2D eigenvalue weighted by molar-refractivity contribution is 5.94. The van der Waals surface area contributed by atoms with Crippen LogP contribution in [0, 0.1) is 6.92 Å². The summed E-state index contributed by atoms with van der Waals surface area (Å²) >= 11 is 0. The van der Waals surface area contributed by atoms with Gasteiger partial charge in [-0.1, -0.05) is 39.0 Å². The fourth-order valence-electron chi connectivity index (χ4n) is 2.10. The van der Waals surface area contributed by atoms with Gasteiger partial charge in [0.25, 0.3) is 5.91 Å². The molecule has 0 bridgehead atoms. The molecule has 0 radical (unpaired) electrons. The van der Waals surface area contributed by atoms with E-state index in [0.29, 0.717) is 12.1 Å². The molecule has 2 aromatic rings. The molecule has 0 atom stereocenters. The zero-order valence-corrected chi connectivity index (χ0v) is 13.1. The van der Waals surface area contributed by atoms with Crippen molar-refractivity contribution in [2.45, 2.75) is 39.7 Å². The van der Waals surface area contributed by atoms with Crippen molar-refractivity contribution in [1.29, 1.82) is 0 Å². The third-order valence-electron chi connectivity index (χ3n) is 3.57. The van der Waals surface area contributed by atoms with Crippen LogP contribution < -0.4 is 5.32 Å². The number of hydrogen-bond acceptors (Lipinski definition) is 2. The number of aryl methyl sites for hydroxylation is 1. The molecular weight excluding hydrogens is 260 g/mol. The topological polar surface area (TPSA) is 42.0 Å². The van der Waals surface area contributed by atoms with E-state index in [9.17, 15) is 4.79 Å². The molecule has 0 unspecified atom stereocenters. The monoisotopic (exact) mass is 282 g/mol. The van der Waals surface area contributed by atoms with Gasteiger partial charge in [0.1, 0.15) is 0 Å². The Bertz CT molecular complexity index is 624. The van der Waals surface area contributed by atoms with E-state index in [0.717, 1.165) is 11.3 Å². The zero-order valence-electron chi connectivity index (χ0n) is 13.1. The fraction of sp³-hybridized carbons (Fsp3) is 0.333. The summed E-state index contributed by atoms with van der Waals surface area (Å²) in [7, 11) is 0. The molecule has 1 aromatic carbocycles. The van der Waals surface area contributed by atoms with Gasteiger partial charge in [-0.3, -0.25) is 9.78 Å². The Balaban J connectivity index is 2.03. The van der Waals surface area contributed by atoms with Crippen molar-refractivity contribution in [2.24, 2.45) is 0 Å².